The molecule has 10 heteroatoms. The van der Waals surface area contributed by atoms with Gasteiger partial charge >= 0.3 is 5.95 Å². The van der Waals surface area contributed by atoms with E-state index in [4.69, 9.17) is 5.84 Å². The second-order valence-electron chi connectivity index (χ2n) is 2.48. The number of nitro groups is 1. The minimum Gasteiger partial charge on any atom is -0.390 e. The number of nitrogens with zero attached hydrogens (tertiary/aromatic N) is 4. The number of carbonyl (C=O) groups is 1. The smallest absolute Gasteiger partial charge is 0.390 e. The van der Waals surface area contributed by atoms with Crippen molar-refractivity contribution in [3.8, 4) is 0 Å². The predicted molar refractivity (Wildman–Crippen MR) is 51.3 cm³/mol. The number of aromatic nitrogens is 3. The van der Waals surface area contributed by atoms with Gasteiger partial charge in [-0.05, 0) is 9.91 Å². The fraction of sp³-hybridized carbons (Fsp3) is 0.400. The zero-order chi connectivity index (χ0) is 11.4. The van der Waals surface area contributed by atoms with Crippen LogP contribution in [0.4, 0.5) is 5.95 Å². The molecule has 1 heterocycles. The monoisotopic (exact) mass is 278 g/mol. The number of nitrogens with two attached hydrogens (primary N) is 1. The molecule has 0 spiro atoms. The van der Waals surface area contributed by atoms with E-state index in [1.807, 2.05) is 5.43 Å². The first-order chi connectivity index (χ1) is 7.04. The van der Waals surface area contributed by atoms with Gasteiger partial charge < -0.3 is 10.1 Å². The van der Waals surface area contributed by atoms with Crippen molar-refractivity contribution in [3.63, 3.8) is 0 Å². The average Bonchev–Trinajstić information content (AvgIpc) is 2.56. The van der Waals surface area contributed by atoms with E-state index >= 15 is 0 Å². The van der Waals surface area contributed by atoms with Crippen LogP contribution in [0.1, 0.15) is 6.42 Å². The normalized spacial score (nSPS) is 10.0. The molecule has 1 aromatic rings. The number of halogens is 1. The molecular formula is C5H7BrN6O3. The van der Waals surface area contributed by atoms with Crippen LogP contribution in [0, 0.1) is 10.1 Å². The van der Waals surface area contributed by atoms with E-state index in [-0.39, 0.29) is 23.6 Å². The van der Waals surface area contributed by atoms with Crippen LogP contribution in [-0.2, 0) is 11.3 Å². The molecule has 0 atom stereocenters. The molecule has 0 aromatic carbocycles. The molecule has 3 N–H and O–H groups in total. The van der Waals surface area contributed by atoms with Gasteiger partial charge in [-0.25, -0.2) is 5.84 Å². The van der Waals surface area contributed by atoms with E-state index in [0.717, 1.165) is 0 Å². The van der Waals surface area contributed by atoms with Crippen molar-refractivity contribution in [3.05, 3.63) is 14.8 Å². The Morgan fingerprint density at radius 2 is 2.40 bits per heavy atom. The van der Waals surface area contributed by atoms with Crippen LogP contribution in [-0.4, -0.2) is 25.6 Å². The maximum absolute atomic E-state index is 10.8. The summed E-state index contributed by atoms with van der Waals surface area (Å²) in [4.78, 5) is 23.9. The van der Waals surface area contributed by atoms with Gasteiger partial charge in [-0.2, -0.15) is 4.68 Å². The van der Waals surface area contributed by atoms with Crippen molar-refractivity contribution in [1.29, 1.82) is 0 Å². The lowest BCUT2D eigenvalue weighted by molar-refractivity contribution is -0.394. The molecule has 0 saturated carbocycles. The second kappa shape index (κ2) is 4.79. The summed E-state index contributed by atoms with van der Waals surface area (Å²) in [6.07, 6.45) is 0.0651. The van der Waals surface area contributed by atoms with Gasteiger partial charge in [0.15, 0.2) is 0 Å². The number of hydrogen-bond acceptors (Lipinski definition) is 6. The summed E-state index contributed by atoms with van der Waals surface area (Å²) in [7, 11) is 0. The van der Waals surface area contributed by atoms with Crippen molar-refractivity contribution in [2.24, 2.45) is 5.84 Å². The van der Waals surface area contributed by atoms with Gasteiger partial charge in [0, 0.05) is 27.4 Å². The van der Waals surface area contributed by atoms with Crippen LogP contribution in [0.2, 0.25) is 0 Å². The zero-order valence-electron chi connectivity index (χ0n) is 7.38. The van der Waals surface area contributed by atoms with Crippen molar-refractivity contribution in [1.82, 2.24) is 20.2 Å². The lowest BCUT2D eigenvalue weighted by atomic mass is 10.4. The minimum atomic E-state index is -0.718. The molecule has 0 aliphatic carbocycles. The number of carbonyl (C=O) groups excluding carboxylic acids is 1. The second-order valence-corrected chi connectivity index (χ2v) is 3.19. The van der Waals surface area contributed by atoms with Gasteiger partial charge in [-0.1, -0.05) is 0 Å². The number of aryl methyl sites for hydroxylation is 1. The topological polar surface area (TPSA) is 129 Å². The molecule has 0 fully saturated rings. The molecule has 1 amide bonds. The van der Waals surface area contributed by atoms with Gasteiger partial charge in [-0.15, -0.1) is 0 Å². The number of amides is 1. The summed E-state index contributed by atoms with van der Waals surface area (Å²) in [5, 5.41) is 13.9. The Hall–Kier alpha value is -1.55. The molecule has 0 saturated heterocycles. The van der Waals surface area contributed by atoms with Gasteiger partial charge in [0.1, 0.15) is 0 Å². The van der Waals surface area contributed by atoms with Crippen molar-refractivity contribution in [2.45, 2.75) is 13.0 Å². The highest BCUT2D eigenvalue weighted by atomic mass is 79.9. The molecular weight excluding hydrogens is 272 g/mol. The maximum Gasteiger partial charge on any atom is 0.492 e. The minimum absolute atomic E-state index is 0.0651. The van der Waals surface area contributed by atoms with E-state index in [2.05, 4.69) is 26.0 Å². The summed E-state index contributed by atoms with van der Waals surface area (Å²) >= 11 is 2.98. The summed E-state index contributed by atoms with van der Waals surface area (Å²) in [6, 6.07) is 0. The molecule has 1 aromatic heterocycles. The first-order valence-corrected chi connectivity index (χ1v) is 4.58. The van der Waals surface area contributed by atoms with E-state index < -0.39 is 10.9 Å². The molecule has 1 rings (SSSR count). The molecule has 15 heavy (non-hydrogen) atoms. The third kappa shape index (κ3) is 2.95. The number of hydrazine groups is 1. The molecule has 9 nitrogen and oxygen atoms in total. The maximum atomic E-state index is 10.8. The van der Waals surface area contributed by atoms with Crippen LogP contribution < -0.4 is 11.3 Å². The third-order valence-electron chi connectivity index (χ3n) is 1.49. The largest absolute Gasteiger partial charge is 0.492 e. The summed E-state index contributed by atoms with van der Waals surface area (Å²) in [6.45, 7) is 0.157. The Kier molecular flexibility index (Phi) is 3.68. The third-order valence-corrected chi connectivity index (χ3v) is 2.08. The molecule has 0 aliphatic heterocycles. The lowest BCUT2D eigenvalue weighted by Crippen LogP contribution is -2.30. The lowest BCUT2D eigenvalue weighted by Gasteiger charge is -1.96. The highest BCUT2D eigenvalue weighted by Crippen LogP contribution is 2.12. The van der Waals surface area contributed by atoms with Crippen LogP contribution >= 0.6 is 15.9 Å². The summed E-state index contributed by atoms with van der Waals surface area (Å²) in [5.74, 6) is 3.96. The number of rotatable bonds is 4. The van der Waals surface area contributed by atoms with Gasteiger partial charge in [-0.3, -0.25) is 10.2 Å². The Labute approximate surface area is 91.9 Å². The number of hydrogen-bond donors (Lipinski definition) is 2. The SMILES string of the molecule is NNC(=O)CCn1nc([N+](=O)[O-])nc1Br. The van der Waals surface area contributed by atoms with Crippen molar-refractivity contribution < 1.29 is 9.72 Å². The first kappa shape index (κ1) is 11.5. The molecule has 0 bridgehead atoms. The Bertz CT molecular complexity index is 390. The highest BCUT2D eigenvalue weighted by Gasteiger charge is 2.19. The summed E-state index contributed by atoms with van der Waals surface area (Å²) < 4.78 is 1.40. The summed E-state index contributed by atoms with van der Waals surface area (Å²) in [5.41, 5.74) is 1.93. The molecule has 0 radical (unpaired) electrons. The van der Waals surface area contributed by atoms with Gasteiger partial charge in [0.05, 0.1) is 6.54 Å². The predicted octanol–water partition coefficient (Wildman–Crippen LogP) is -0.671. The van der Waals surface area contributed by atoms with Crippen LogP contribution in [0.3, 0.4) is 0 Å². The van der Waals surface area contributed by atoms with E-state index in [1.165, 1.54) is 4.68 Å². The fourth-order valence-electron chi connectivity index (χ4n) is 0.811. The van der Waals surface area contributed by atoms with Crippen LogP contribution in [0.25, 0.3) is 0 Å². The first-order valence-electron chi connectivity index (χ1n) is 3.78. The molecule has 0 aliphatic rings. The quantitative estimate of drug-likeness (QED) is 0.325. The standard InChI is InChI=1S/C5H7BrN6O3/c6-4-8-5(12(14)15)10-11(4)2-1-3(13)9-7/h1-2,7H2,(H,9,13). The Morgan fingerprint density at radius 3 is 2.87 bits per heavy atom. The molecule has 0 unspecified atom stereocenters. The van der Waals surface area contributed by atoms with E-state index in [9.17, 15) is 14.9 Å². The van der Waals surface area contributed by atoms with E-state index in [1.54, 1.807) is 0 Å². The van der Waals surface area contributed by atoms with E-state index in [0.29, 0.717) is 0 Å². The van der Waals surface area contributed by atoms with Crippen LogP contribution in [0.5, 0.6) is 0 Å². The van der Waals surface area contributed by atoms with Crippen LogP contribution in [0.15, 0.2) is 4.73 Å². The van der Waals surface area contributed by atoms with Gasteiger partial charge in [0.25, 0.3) is 4.73 Å². The Balaban J connectivity index is 2.69. The fourth-order valence-corrected chi connectivity index (χ4v) is 1.23. The highest BCUT2D eigenvalue weighted by molar-refractivity contribution is 9.10. The zero-order valence-corrected chi connectivity index (χ0v) is 8.97. The van der Waals surface area contributed by atoms with Crippen molar-refractivity contribution in [2.75, 3.05) is 0 Å². The number of nitrogens with one attached hydrogen (secondary N) is 1. The van der Waals surface area contributed by atoms with Crippen molar-refractivity contribution >= 4 is 27.8 Å². The average molecular weight is 279 g/mol. The Morgan fingerprint density at radius 1 is 1.73 bits per heavy atom. The van der Waals surface area contributed by atoms with Gasteiger partial charge in [0.2, 0.25) is 5.91 Å². The molecule has 82 valence electrons.